The number of nitrogens with zero attached hydrogens (tertiary/aromatic N) is 3. The second kappa shape index (κ2) is 5.33. The molecule has 0 unspecified atom stereocenters. The lowest BCUT2D eigenvalue weighted by molar-refractivity contribution is 0.0698. The molecular formula is C14H22N4O. The maximum absolute atomic E-state index is 12.2. The van der Waals surface area contributed by atoms with E-state index in [1.807, 2.05) is 18.1 Å². The van der Waals surface area contributed by atoms with E-state index >= 15 is 0 Å². The molecule has 0 atom stereocenters. The molecule has 2 heterocycles. The summed E-state index contributed by atoms with van der Waals surface area (Å²) in [5.74, 6) is 0.995. The molecule has 1 amide bonds. The molecule has 0 radical (unpaired) electrons. The summed E-state index contributed by atoms with van der Waals surface area (Å²) in [6.45, 7) is 2.86. The Bertz CT molecular complexity index is 444. The van der Waals surface area contributed by atoms with E-state index in [1.54, 1.807) is 10.7 Å². The Morgan fingerprint density at radius 1 is 1.37 bits per heavy atom. The van der Waals surface area contributed by atoms with Crippen molar-refractivity contribution in [3.8, 4) is 0 Å². The molecule has 1 aliphatic heterocycles. The van der Waals surface area contributed by atoms with Crippen molar-refractivity contribution in [1.82, 2.24) is 20.0 Å². The number of carbonyl (C=O) groups is 1. The zero-order valence-corrected chi connectivity index (χ0v) is 11.5. The van der Waals surface area contributed by atoms with E-state index in [2.05, 4.69) is 10.4 Å². The summed E-state index contributed by atoms with van der Waals surface area (Å²) in [6.07, 6.45) is 6.72. The van der Waals surface area contributed by atoms with Crippen LogP contribution in [0.3, 0.4) is 0 Å². The van der Waals surface area contributed by atoms with E-state index in [4.69, 9.17) is 0 Å². The summed E-state index contributed by atoms with van der Waals surface area (Å²) in [5, 5.41) is 7.81. The predicted molar refractivity (Wildman–Crippen MR) is 72.9 cm³/mol. The SMILES string of the molecule is Cn1ccc(C(=O)N2CCC(NCC3CC3)CC2)n1. The van der Waals surface area contributed by atoms with E-state index in [-0.39, 0.29) is 5.91 Å². The van der Waals surface area contributed by atoms with Crippen molar-refractivity contribution in [2.24, 2.45) is 13.0 Å². The van der Waals surface area contributed by atoms with Crippen LogP contribution in [0.15, 0.2) is 12.3 Å². The topological polar surface area (TPSA) is 50.2 Å². The van der Waals surface area contributed by atoms with Gasteiger partial charge in [0.05, 0.1) is 0 Å². The van der Waals surface area contributed by atoms with Gasteiger partial charge in [0.25, 0.3) is 5.91 Å². The van der Waals surface area contributed by atoms with E-state index in [1.165, 1.54) is 19.4 Å². The number of likely N-dealkylation sites (tertiary alicyclic amines) is 1. The average Bonchev–Trinajstić information content (AvgIpc) is 3.17. The fourth-order valence-corrected chi connectivity index (χ4v) is 2.63. The minimum absolute atomic E-state index is 0.0706. The molecule has 104 valence electrons. The first-order chi connectivity index (χ1) is 9.22. The lowest BCUT2D eigenvalue weighted by atomic mass is 10.0. The minimum Gasteiger partial charge on any atom is -0.337 e. The molecule has 1 aromatic heterocycles. The summed E-state index contributed by atoms with van der Waals surface area (Å²) in [5.41, 5.74) is 0.562. The van der Waals surface area contributed by atoms with Crippen molar-refractivity contribution < 1.29 is 4.79 Å². The summed E-state index contributed by atoms with van der Waals surface area (Å²) < 4.78 is 1.68. The molecule has 2 aliphatic rings. The molecule has 1 aromatic rings. The van der Waals surface area contributed by atoms with Crippen LogP contribution in [0.2, 0.25) is 0 Å². The molecule has 1 saturated carbocycles. The fraction of sp³-hybridized carbons (Fsp3) is 0.714. The maximum Gasteiger partial charge on any atom is 0.274 e. The molecule has 19 heavy (non-hydrogen) atoms. The highest BCUT2D eigenvalue weighted by atomic mass is 16.2. The van der Waals surface area contributed by atoms with E-state index in [0.717, 1.165) is 31.8 Å². The number of piperidine rings is 1. The Kier molecular flexibility index (Phi) is 3.55. The summed E-state index contributed by atoms with van der Waals surface area (Å²) in [4.78, 5) is 14.2. The van der Waals surface area contributed by atoms with E-state index in [9.17, 15) is 4.79 Å². The van der Waals surface area contributed by atoms with Gasteiger partial charge in [-0.3, -0.25) is 9.48 Å². The van der Waals surface area contributed by atoms with Gasteiger partial charge in [0.15, 0.2) is 0 Å². The Morgan fingerprint density at radius 2 is 2.11 bits per heavy atom. The van der Waals surface area contributed by atoms with E-state index in [0.29, 0.717) is 11.7 Å². The fourth-order valence-electron chi connectivity index (χ4n) is 2.63. The molecular weight excluding hydrogens is 240 g/mol. The number of aryl methyl sites for hydroxylation is 1. The Labute approximate surface area is 114 Å². The number of nitrogens with one attached hydrogen (secondary N) is 1. The molecule has 0 aromatic carbocycles. The molecule has 1 saturated heterocycles. The van der Waals surface area contributed by atoms with Gasteiger partial charge in [-0.05, 0) is 44.2 Å². The van der Waals surface area contributed by atoms with Crippen molar-refractivity contribution in [3.63, 3.8) is 0 Å². The number of rotatable bonds is 4. The number of carbonyl (C=O) groups excluding carboxylic acids is 1. The van der Waals surface area contributed by atoms with Crippen LogP contribution in [-0.4, -0.2) is 46.3 Å². The Balaban J connectivity index is 1.47. The summed E-state index contributed by atoms with van der Waals surface area (Å²) in [7, 11) is 1.84. The monoisotopic (exact) mass is 262 g/mol. The zero-order valence-electron chi connectivity index (χ0n) is 11.5. The lowest BCUT2D eigenvalue weighted by Gasteiger charge is -2.32. The van der Waals surface area contributed by atoms with Gasteiger partial charge in [0, 0.05) is 32.4 Å². The molecule has 3 rings (SSSR count). The second-order valence-corrected chi connectivity index (χ2v) is 5.79. The van der Waals surface area contributed by atoms with Crippen LogP contribution in [0.5, 0.6) is 0 Å². The van der Waals surface area contributed by atoms with Gasteiger partial charge in [0.1, 0.15) is 5.69 Å². The molecule has 0 spiro atoms. The third-order valence-electron chi connectivity index (χ3n) is 4.11. The van der Waals surface area contributed by atoms with Gasteiger partial charge in [-0.25, -0.2) is 0 Å². The Hall–Kier alpha value is -1.36. The van der Waals surface area contributed by atoms with Crippen molar-refractivity contribution in [1.29, 1.82) is 0 Å². The maximum atomic E-state index is 12.2. The predicted octanol–water partition coefficient (Wildman–Crippen LogP) is 1.02. The molecule has 2 fully saturated rings. The standard InChI is InChI=1S/C14H22N4O/c1-17-7-6-13(16-17)14(19)18-8-4-12(5-9-18)15-10-11-2-3-11/h6-7,11-12,15H,2-5,8-10H2,1H3. The molecule has 1 N–H and O–H groups in total. The molecule has 5 heteroatoms. The summed E-state index contributed by atoms with van der Waals surface area (Å²) in [6, 6.07) is 2.38. The first kappa shape index (κ1) is 12.7. The number of hydrogen-bond acceptors (Lipinski definition) is 3. The van der Waals surface area contributed by atoms with Crippen molar-refractivity contribution in [2.45, 2.75) is 31.7 Å². The van der Waals surface area contributed by atoms with Crippen LogP contribution >= 0.6 is 0 Å². The normalized spacial score (nSPS) is 20.8. The van der Waals surface area contributed by atoms with Gasteiger partial charge in [0.2, 0.25) is 0 Å². The largest absolute Gasteiger partial charge is 0.337 e. The first-order valence-corrected chi connectivity index (χ1v) is 7.24. The average molecular weight is 262 g/mol. The van der Waals surface area contributed by atoms with Gasteiger partial charge >= 0.3 is 0 Å². The number of hydrogen-bond donors (Lipinski definition) is 1. The van der Waals surface area contributed by atoms with Crippen LogP contribution in [0.25, 0.3) is 0 Å². The van der Waals surface area contributed by atoms with E-state index < -0.39 is 0 Å². The highest BCUT2D eigenvalue weighted by Gasteiger charge is 2.26. The second-order valence-electron chi connectivity index (χ2n) is 5.79. The van der Waals surface area contributed by atoms with Crippen LogP contribution in [0, 0.1) is 5.92 Å². The minimum atomic E-state index is 0.0706. The highest BCUT2D eigenvalue weighted by Crippen LogP contribution is 2.28. The van der Waals surface area contributed by atoms with Crippen LogP contribution < -0.4 is 5.32 Å². The quantitative estimate of drug-likeness (QED) is 0.881. The lowest BCUT2D eigenvalue weighted by Crippen LogP contribution is -2.45. The third-order valence-corrected chi connectivity index (χ3v) is 4.11. The first-order valence-electron chi connectivity index (χ1n) is 7.24. The Morgan fingerprint density at radius 3 is 2.68 bits per heavy atom. The van der Waals surface area contributed by atoms with Gasteiger partial charge < -0.3 is 10.2 Å². The highest BCUT2D eigenvalue weighted by molar-refractivity contribution is 5.92. The molecule has 5 nitrogen and oxygen atoms in total. The number of aromatic nitrogens is 2. The zero-order chi connectivity index (χ0) is 13.2. The number of amides is 1. The third kappa shape index (κ3) is 3.15. The molecule has 1 aliphatic carbocycles. The van der Waals surface area contributed by atoms with Gasteiger partial charge in [-0.1, -0.05) is 0 Å². The van der Waals surface area contributed by atoms with Crippen molar-refractivity contribution in [2.75, 3.05) is 19.6 Å². The molecule has 0 bridgehead atoms. The smallest absolute Gasteiger partial charge is 0.274 e. The van der Waals surface area contributed by atoms with Crippen LogP contribution in [-0.2, 0) is 7.05 Å². The van der Waals surface area contributed by atoms with Crippen molar-refractivity contribution >= 4 is 5.91 Å². The van der Waals surface area contributed by atoms with Gasteiger partial charge in [-0.2, -0.15) is 5.10 Å². The van der Waals surface area contributed by atoms with Gasteiger partial charge in [-0.15, -0.1) is 0 Å². The van der Waals surface area contributed by atoms with Crippen LogP contribution in [0.4, 0.5) is 0 Å². The van der Waals surface area contributed by atoms with Crippen molar-refractivity contribution in [3.05, 3.63) is 18.0 Å². The summed E-state index contributed by atoms with van der Waals surface area (Å²) >= 11 is 0. The van der Waals surface area contributed by atoms with Crippen LogP contribution in [0.1, 0.15) is 36.2 Å².